The van der Waals surface area contributed by atoms with Crippen molar-refractivity contribution in [2.24, 2.45) is 0 Å². The molecule has 0 aromatic heterocycles. The summed E-state index contributed by atoms with van der Waals surface area (Å²) in [4.78, 5) is 49.3. The van der Waals surface area contributed by atoms with E-state index >= 15 is 0 Å². The van der Waals surface area contributed by atoms with Crippen molar-refractivity contribution >= 4 is 29.4 Å². The van der Waals surface area contributed by atoms with E-state index in [1.807, 2.05) is 18.2 Å². The zero-order valence-electron chi connectivity index (χ0n) is 16.7. The first-order chi connectivity index (χ1) is 14.5. The van der Waals surface area contributed by atoms with Crippen LogP contribution >= 0.6 is 0 Å². The molecule has 0 saturated carbocycles. The Kier molecular flexibility index (Phi) is 9.05. The van der Waals surface area contributed by atoms with Crippen LogP contribution in [0.15, 0.2) is 60.7 Å². The fraction of sp³-hybridized carbons (Fsp3) is 0.273. The average Bonchev–Trinajstić information content (AvgIpc) is 2.76. The van der Waals surface area contributed by atoms with Crippen LogP contribution in [-0.2, 0) is 35.1 Å². The molecule has 0 atom stereocenters. The van der Waals surface area contributed by atoms with Crippen molar-refractivity contribution in [2.75, 3.05) is 31.2 Å². The number of carbonyl (C=O) groups excluding carboxylic acids is 4. The molecule has 0 heterocycles. The molecule has 0 aliphatic heterocycles. The van der Waals surface area contributed by atoms with Gasteiger partial charge in [-0.3, -0.25) is 24.1 Å². The zero-order valence-corrected chi connectivity index (χ0v) is 16.7. The number of hydrogen-bond acceptors (Lipinski definition) is 6. The quantitative estimate of drug-likeness (QED) is 0.593. The number of esters is 2. The average molecular weight is 412 g/mol. The number of carbonyl (C=O) groups is 4. The van der Waals surface area contributed by atoms with Gasteiger partial charge >= 0.3 is 11.9 Å². The lowest BCUT2D eigenvalue weighted by Crippen LogP contribution is -2.40. The van der Waals surface area contributed by atoms with Gasteiger partial charge in [0.1, 0.15) is 13.1 Å². The minimum Gasteiger partial charge on any atom is -0.465 e. The first-order valence-electron chi connectivity index (χ1n) is 9.47. The number of anilines is 1. The number of benzene rings is 2. The maximum atomic E-state index is 12.5. The number of para-hydroxylation sites is 1. The van der Waals surface area contributed by atoms with Gasteiger partial charge in [-0.05, 0) is 24.6 Å². The number of nitrogens with one attached hydrogen (secondary N) is 1. The summed E-state index contributed by atoms with van der Waals surface area (Å²) in [6, 6.07) is 17.6. The van der Waals surface area contributed by atoms with Gasteiger partial charge in [0.15, 0.2) is 6.61 Å². The van der Waals surface area contributed by atoms with Gasteiger partial charge < -0.3 is 14.8 Å². The van der Waals surface area contributed by atoms with E-state index in [1.54, 1.807) is 49.4 Å². The monoisotopic (exact) mass is 412 g/mol. The van der Waals surface area contributed by atoms with Gasteiger partial charge in [-0.25, -0.2) is 0 Å². The van der Waals surface area contributed by atoms with Gasteiger partial charge in [-0.1, -0.05) is 48.5 Å². The highest BCUT2D eigenvalue weighted by atomic mass is 16.5. The predicted molar refractivity (Wildman–Crippen MR) is 110 cm³/mol. The summed E-state index contributed by atoms with van der Waals surface area (Å²) < 4.78 is 9.85. The Labute approximate surface area is 174 Å². The smallest absolute Gasteiger partial charge is 0.326 e. The third kappa shape index (κ3) is 7.75. The Morgan fingerprint density at radius 3 is 2.13 bits per heavy atom. The zero-order chi connectivity index (χ0) is 21.8. The van der Waals surface area contributed by atoms with Crippen LogP contribution in [0.2, 0.25) is 0 Å². The molecular weight excluding hydrogens is 388 g/mol. The van der Waals surface area contributed by atoms with Crippen LogP contribution in [0.1, 0.15) is 12.5 Å². The summed E-state index contributed by atoms with van der Waals surface area (Å²) >= 11 is 0. The highest BCUT2D eigenvalue weighted by Gasteiger charge is 2.21. The Hall–Kier alpha value is -3.68. The first-order valence-corrected chi connectivity index (χ1v) is 9.47. The van der Waals surface area contributed by atoms with E-state index < -0.39 is 24.5 Å². The van der Waals surface area contributed by atoms with Crippen LogP contribution in [0.5, 0.6) is 0 Å². The molecule has 1 N–H and O–H groups in total. The molecule has 0 unspecified atom stereocenters. The second-order valence-electron chi connectivity index (χ2n) is 6.22. The molecule has 0 radical (unpaired) electrons. The number of hydrogen-bond donors (Lipinski definition) is 1. The van der Waals surface area contributed by atoms with Crippen LogP contribution in [0.25, 0.3) is 0 Å². The summed E-state index contributed by atoms with van der Waals surface area (Å²) in [6.45, 7) is 0.625. The van der Waals surface area contributed by atoms with E-state index in [0.717, 1.165) is 5.56 Å². The van der Waals surface area contributed by atoms with E-state index in [4.69, 9.17) is 9.47 Å². The molecule has 2 rings (SSSR count). The number of amides is 2. The van der Waals surface area contributed by atoms with Crippen molar-refractivity contribution < 1.29 is 28.7 Å². The van der Waals surface area contributed by atoms with Crippen molar-refractivity contribution in [1.29, 1.82) is 0 Å². The van der Waals surface area contributed by atoms with Gasteiger partial charge in [-0.2, -0.15) is 0 Å². The first kappa shape index (κ1) is 22.6. The number of nitrogens with zero attached hydrogens (tertiary/aromatic N) is 1. The lowest BCUT2D eigenvalue weighted by molar-refractivity contribution is -0.148. The minimum absolute atomic E-state index is 0.133. The van der Waals surface area contributed by atoms with Gasteiger partial charge in [0.2, 0.25) is 5.91 Å². The van der Waals surface area contributed by atoms with E-state index in [1.165, 1.54) is 4.90 Å². The molecular formula is C22H24N2O6. The summed E-state index contributed by atoms with van der Waals surface area (Å²) in [5.74, 6) is -2.25. The molecule has 0 fully saturated rings. The lowest BCUT2D eigenvalue weighted by Gasteiger charge is -2.21. The van der Waals surface area contributed by atoms with Crippen molar-refractivity contribution in [3.63, 3.8) is 0 Å². The highest BCUT2D eigenvalue weighted by Crippen LogP contribution is 2.13. The third-order valence-electron chi connectivity index (χ3n) is 3.96. The maximum absolute atomic E-state index is 12.5. The predicted octanol–water partition coefficient (Wildman–Crippen LogP) is 1.48. The van der Waals surface area contributed by atoms with Gasteiger partial charge in [0.25, 0.3) is 5.91 Å². The van der Waals surface area contributed by atoms with Crippen LogP contribution in [0.4, 0.5) is 5.69 Å². The fourth-order valence-corrected chi connectivity index (χ4v) is 2.55. The van der Waals surface area contributed by atoms with E-state index in [0.29, 0.717) is 5.69 Å². The Morgan fingerprint density at radius 2 is 1.50 bits per heavy atom. The van der Waals surface area contributed by atoms with Crippen molar-refractivity contribution in [3.8, 4) is 0 Å². The molecule has 0 aliphatic rings. The molecule has 2 amide bonds. The van der Waals surface area contributed by atoms with Crippen LogP contribution < -0.4 is 10.2 Å². The summed E-state index contributed by atoms with van der Waals surface area (Å²) in [7, 11) is 0. The van der Waals surface area contributed by atoms with Crippen molar-refractivity contribution in [3.05, 3.63) is 66.2 Å². The Morgan fingerprint density at radius 1 is 0.867 bits per heavy atom. The molecule has 158 valence electrons. The largest absolute Gasteiger partial charge is 0.465 e. The molecule has 8 nitrogen and oxygen atoms in total. The molecule has 30 heavy (non-hydrogen) atoms. The number of ether oxygens (including phenoxy) is 2. The van der Waals surface area contributed by atoms with E-state index in [2.05, 4.69) is 5.32 Å². The summed E-state index contributed by atoms with van der Waals surface area (Å²) in [5.41, 5.74) is 1.29. The summed E-state index contributed by atoms with van der Waals surface area (Å²) in [6.07, 6.45) is 0.133. The van der Waals surface area contributed by atoms with Crippen molar-refractivity contribution in [2.45, 2.75) is 13.3 Å². The maximum Gasteiger partial charge on any atom is 0.326 e. The second kappa shape index (κ2) is 12.0. The SMILES string of the molecule is CCOC(=O)CN(C(=O)COC(=O)CNC(=O)Cc1ccccc1)c1ccccc1. The van der Waals surface area contributed by atoms with Gasteiger partial charge in [0.05, 0.1) is 13.0 Å². The van der Waals surface area contributed by atoms with Gasteiger partial charge in [-0.15, -0.1) is 0 Å². The standard InChI is InChI=1S/C22H24N2O6/c1-2-29-22(28)15-24(18-11-7-4-8-12-18)20(26)16-30-21(27)14-23-19(25)13-17-9-5-3-6-10-17/h3-12H,2,13-16H2,1H3,(H,23,25). The molecule has 0 saturated heterocycles. The molecule has 2 aromatic carbocycles. The normalized spacial score (nSPS) is 10.0. The van der Waals surface area contributed by atoms with Gasteiger partial charge in [0, 0.05) is 5.69 Å². The molecule has 0 aliphatic carbocycles. The van der Waals surface area contributed by atoms with Crippen LogP contribution in [0, 0.1) is 0 Å². The third-order valence-corrected chi connectivity index (χ3v) is 3.96. The molecule has 8 heteroatoms. The Bertz CT molecular complexity index is 854. The summed E-state index contributed by atoms with van der Waals surface area (Å²) in [5, 5.41) is 2.45. The Balaban J connectivity index is 1.84. The molecule has 0 spiro atoms. The minimum atomic E-state index is -0.756. The second-order valence-corrected chi connectivity index (χ2v) is 6.22. The van der Waals surface area contributed by atoms with E-state index in [9.17, 15) is 19.2 Å². The highest BCUT2D eigenvalue weighted by molar-refractivity contribution is 5.99. The molecule has 2 aromatic rings. The molecule has 0 bridgehead atoms. The van der Waals surface area contributed by atoms with Crippen LogP contribution in [-0.4, -0.2) is 50.1 Å². The fourth-order valence-electron chi connectivity index (χ4n) is 2.55. The lowest BCUT2D eigenvalue weighted by atomic mass is 10.1. The van der Waals surface area contributed by atoms with E-state index in [-0.39, 0.29) is 32.0 Å². The topological polar surface area (TPSA) is 102 Å². The number of rotatable bonds is 10. The van der Waals surface area contributed by atoms with Crippen LogP contribution in [0.3, 0.4) is 0 Å². The van der Waals surface area contributed by atoms with Crippen molar-refractivity contribution in [1.82, 2.24) is 5.32 Å².